The van der Waals surface area contributed by atoms with Gasteiger partial charge in [0.1, 0.15) is 12.1 Å². The predicted octanol–water partition coefficient (Wildman–Crippen LogP) is -1.11. The molecule has 2 rings (SSSR count). The second kappa shape index (κ2) is 7.56. The molecule has 3 amide bonds. The summed E-state index contributed by atoms with van der Waals surface area (Å²) in [5.74, 6) is -1.69. The standard InChI is InChI=1S/C15H19N3O5S/c1-7(13(16)21)17-14(22)8-5-9(12(20)10(19)6-8)18-15(23)11-3-2-4-24-11/h2-5,7,9-10,12,19-20H,6H2,1H3,(H2,16,21)(H,17,22)(H,18,23). The molecule has 6 N–H and O–H groups in total. The zero-order chi connectivity index (χ0) is 17.9. The van der Waals surface area contributed by atoms with Crippen LogP contribution in [0.3, 0.4) is 0 Å². The molecule has 24 heavy (non-hydrogen) atoms. The van der Waals surface area contributed by atoms with Gasteiger partial charge in [-0.1, -0.05) is 12.1 Å². The summed E-state index contributed by atoms with van der Waals surface area (Å²) in [4.78, 5) is 35.7. The second-order valence-corrected chi connectivity index (χ2v) is 6.48. The largest absolute Gasteiger partial charge is 0.390 e. The fraction of sp³-hybridized carbons (Fsp3) is 0.400. The van der Waals surface area contributed by atoms with E-state index in [0.29, 0.717) is 4.88 Å². The van der Waals surface area contributed by atoms with E-state index in [4.69, 9.17) is 5.73 Å². The lowest BCUT2D eigenvalue weighted by atomic mass is 9.90. The molecule has 9 heteroatoms. The SMILES string of the molecule is CC(NC(=O)C1=CC(NC(=O)c2cccs2)C(O)C(O)C1)C(N)=O. The molecule has 0 bridgehead atoms. The summed E-state index contributed by atoms with van der Waals surface area (Å²) < 4.78 is 0. The lowest BCUT2D eigenvalue weighted by Gasteiger charge is -2.31. The van der Waals surface area contributed by atoms with E-state index in [1.807, 2.05) is 0 Å². The number of nitrogens with one attached hydrogen (secondary N) is 2. The maximum absolute atomic E-state index is 12.1. The van der Waals surface area contributed by atoms with Crippen molar-refractivity contribution in [3.63, 3.8) is 0 Å². The molecule has 0 saturated heterocycles. The number of aliphatic hydroxyl groups is 2. The van der Waals surface area contributed by atoms with E-state index in [2.05, 4.69) is 10.6 Å². The van der Waals surface area contributed by atoms with Crippen LogP contribution in [0.5, 0.6) is 0 Å². The van der Waals surface area contributed by atoms with Crippen LogP contribution in [0, 0.1) is 0 Å². The van der Waals surface area contributed by atoms with Gasteiger partial charge in [0.05, 0.1) is 17.0 Å². The van der Waals surface area contributed by atoms with Crippen LogP contribution in [0.2, 0.25) is 0 Å². The second-order valence-electron chi connectivity index (χ2n) is 5.53. The number of nitrogens with two attached hydrogens (primary N) is 1. The van der Waals surface area contributed by atoms with Crippen LogP contribution in [0.25, 0.3) is 0 Å². The monoisotopic (exact) mass is 353 g/mol. The van der Waals surface area contributed by atoms with Crippen molar-refractivity contribution in [2.75, 3.05) is 0 Å². The summed E-state index contributed by atoms with van der Waals surface area (Å²) >= 11 is 1.23. The quantitative estimate of drug-likeness (QED) is 0.456. The highest BCUT2D eigenvalue weighted by Gasteiger charge is 2.34. The molecular formula is C15H19N3O5S. The van der Waals surface area contributed by atoms with Crippen LogP contribution in [0.1, 0.15) is 23.0 Å². The minimum atomic E-state index is -1.24. The number of thiophene rings is 1. The molecule has 1 aromatic rings. The third-order valence-electron chi connectivity index (χ3n) is 3.68. The molecule has 0 aliphatic heterocycles. The molecule has 0 aromatic carbocycles. The van der Waals surface area contributed by atoms with Crippen molar-refractivity contribution < 1.29 is 24.6 Å². The van der Waals surface area contributed by atoms with E-state index >= 15 is 0 Å². The van der Waals surface area contributed by atoms with Crippen LogP contribution >= 0.6 is 11.3 Å². The minimum Gasteiger partial charge on any atom is -0.390 e. The molecule has 0 radical (unpaired) electrons. The fourth-order valence-corrected chi connectivity index (χ4v) is 2.88. The molecule has 0 spiro atoms. The smallest absolute Gasteiger partial charge is 0.261 e. The topological polar surface area (TPSA) is 142 Å². The van der Waals surface area contributed by atoms with Crippen LogP contribution in [0.4, 0.5) is 0 Å². The molecule has 8 nitrogen and oxygen atoms in total. The molecular weight excluding hydrogens is 334 g/mol. The van der Waals surface area contributed by atoms with E-state index < -0.39 is 42.0 Å². The fourth-order valence-electron chi connectivity index (χ4n) is 2.25. The normalized spacial score (nSPS) is 24.6. The van der Waals surface area contributed by atoms with Gasteiger partial charge in [-0.15, -0.1) is 11.3 Å². The van der Waals surface area contributed by atoms with Gasteiger partial charge in [0.2, 0.25) is 11.8 Å². The lowest BCUT2D eigenvalue weighted by molar-refractivity contribution is -0.125. The Bertz CT molecular complexity index is 658. The molecule has 1 aliphatic carbocycles. The number of carbonyl (C=O) groups is 3. The van der Waals surface area contributed by atoms with E-state index in [0.717, 1.165) is 0 Å². The van der Waals surface area contributed by atoms with Crippen molar-refractivity contribution in [3.8, 4) is 0 Å². The number of carbonyl (C=O) groups excluding carboxylic acids is 3. The molecule has 0 fully saturated rings. The number of primary amides is 1. The molecule has 0 saturated carbocycles. The summed E-state index contributed by atoms with van der Waals surface area (Å²) in [7, 11) is 0. The van der Waals surface area contributed by atoms with Gasteiger partial charge < -0.3 is 26.6 Å². The first kappa shape index (κ1) is 18.1. The first-order chi connectivity index (χ1) is 11.3. The third-order valence-corrected chi connectivity index (χ3v) is 4.55. The zero-order valence-electron chi connectivity index (χ0n) is 12.9. The Morgan fingerprint density at radius 3 is 2.62 bits per heavy atom. The lowest BCUT2D eigenvalue weighted by Crippen LogP contribution is -2.51. The highest BCUT2D eigenvalue weighted by molar-refractivity contribution is 7.12. The molecule has 4 unspecified atom stereocenters. The summed E-state index contributed by atoms with van der Waals surface area (Å²) in [5.41, 5.74) is 5.26. The number of hydrogen-bond acceptors (Lipinski definition) is 6. The Labute approximate surface area is 142 Å². The molecule has 130 valence electrons. The third kappa shape index (κ3) is 4.19. The van der Waals surface area contributed by atoms with Gasteiger partial charge in [0, 0.05) is 12.0 Å². The average Bonchev–Trinajstić information content (AvgIpc) is 3.05. The van der Waals surface area contributed by atoms with Crippen LogP contribution in [0.15, 0.2) is 29.2 Å². The highest BCUT2D eigenvalue weighted by atomic mass is 32.1. The Kier molecular flexibility index (Phi) is 5.71. The molecule has 1 heterocycles. The van der Waals surface area contributed by atoms with Crippen LogP contribution in [-0.4, -0.2) is 52.2 Å². The molecule has 1 aliphatic rings. The average molecular weight is 353 g/mol. The van der Waals surface area contributed by atoms with Crippen molar-refractivity contribution in [2.45, 2.75) is 37.6 Å². The first-order valence-corrected chi connectivity index (χ1v) is 8.19. The van der Waals surface area contributed by atoms with Gasteiger partial charge in [-0.05, 0) is 18.4 Å². The summed E-state index contributed by atoms with van der Waals surface area (Å²) in [5, 5.41) is 26.7. The highest BCUT2D eigenvalue weighted by Crippen LogP contribution is 2.21. The van der Waals surface area contributed by atoms with Crippen LogP contribution < -0.4 is 16.4 Å². The van der Waals surface area contributed by atoms with Crippen molar-refractivity contribution in [2.24, 2.45) is 5.73 Å². The van der Waals surface area contributed by atoms with Gasteiger partial charge in [0.25, 0.3) is 5.91 Å². The molecule has 4 atom stereocenters. The Balaban J connectivity index is 2.12. The minimum absolute atomic E-state index is 0.0934. The van der Waals surface area contributed by atoms with Crippen molar-refractivity contribution >= 4 is 29.1 Å². The first-order valence-electron chi connectivity index (χ1n) is 7.31. The Morgan fingerprint density at radius 1 is 1.33 bits per heavy atom. The summed E-state index contributed by atoms with van der Waals surface area (Å²) in [6.07, 6.45) is -1.16. The van der Waals surface area contributed by atoms with Gasteiger partial charge >= 0.3 is 0 Å². The zero-order valence-corrected chi connectivity index (χ0v) is 13.7. The predicted molar refractivity (Wildman–Crippen MR) is 87.1 cm³/mol. The number of hydrogen-bond donors (Lipinski definition) is 5. The Hall–Kier alpha value is -2.23. The van der Waals surface area contributed by atoms with E-state index in [9.17, 15) is 24.6 Å². The maximum atomic E-state index is 12.1. The van der Waals surface area contributed by atoms with Crippen molar-refractivity contribution in [1.29, 1.82) is 0 Å². The summed E-state index contributed by atoms with van der Waals surface area (Å²) in [6, 6.07) is 1.54. The van der Waals surface area contributed by atoms with Crippen molar-refractivity contribution in [1.82, 2.24) is 10.6 Å². The maximum Gasteiger partial charge on any atom is 0.261 e. The van der Waals surface area contributed by atoms with E-state index in [-0.39, 0.29) is 12.0 Å². The van der Waals surface area contributed by atoms with Gasteiger partial charge in [-0.3, -0.25) is 14.4 Å². The van der Waals surface area contributed by atoms with Gasteiger partial charge in [0.15, 0.2) is 0 Å². The Morgan fingerprint density at radius 2 is 2.04 bits per heavy atom. The molecule has 1 aromatic heterocycles. The number of amides is 3. The van der Waals surface area contributed by atoms with Gasteiger partial charge in [-0.25, -0.2) is 0 Å². The van der Waals surface area contributed by atoms with Crippen LogP contribution in [-0.2, 0) is 9.59 Å². The number of rotatable bonds is 5. The summed E-state index contributed by atoms with van der Waals surface area (Å²) in [6.45, 7) is 1.44. The van der Waals surface area contributed by atoms with E-state index in [1.54, 1.807) is 17.5 Å². The number of aliphatic hydroxyl groups excluding tert-OH is 2. The van der Waals surface area contributed by atoms with E-state index in [1.165, 1.54) is 24.3 Å². The van der Waals surface area contributed by atoms with Gasteiger partial charge in [-0.2, -0.15) is 0 Å². The van der Waals surface area contributed by atoms with Crippen molar-refractivity contribution in [3.05, 3.63) is 34.0 Å².